The van der Waals surface area contributed by atoms with Crippen molar-refractivity contribution in [2.45, 2.75) is 38.8 Å². The van der Waals surface area contributed by atoms with Gasteiger partial charge in [0.15, 0.2) is 0 Å². The van der Waals surface area contributed by atoms with Crippen molar-refractivity contribution in [3.05, 3.63) is 0 Å². The summed E-state index contributed by atoms with van der Waals surface area (Å²) in [5.74, 6) is 0.131. The van der Waals surface area contributed by atoms with Crippen molar-refractivity contribution in [1.82, 2.24) is 15.1 Å². The third-order valence-electron chi connectivity index (χ3n) is 3.82. The number of amides is 2. The zero-order valence-corrected chi connectivity index (χ0v) is 13.9. The van der Waals surface area contributed by atoms with Gasteiger partial charge in [-0.2, -0.15) is 0 Å². The number of likely N-dealkylation sites (N-methyl/N-ethyl adjacent to an activating group) is 1. The Hall–Kier alpha value is -1.14. The predicted octanol–water partition coefficient (Wildman–Crippen LogP) is 0.326. The SMILES string of the molecule is COCC(=O)N[C@@H](CC(C)C)C(=O)N1CCC(N(C)C)C1. The maximum Gasteiger partial charge on any atom is 0.246 e. The lowest BCUT2D eigenvalue weighted by atomic mass is 10.0. The van der Waals surface area contributed by atoms with Gasteiger partial charge in [0, 0.05) is 26.2 Å². The molecule has 0 aliphatic carbocycles. The van der Waals surface area contributed by atoms with Gasteiger partial charge in [0.2, 0.25) is 11.8 Å². The van der Waals surface area contributed by atoms with Crippen molar-refractivity contribution in [1.29, 1.82) is 0 Å². The van der Waals surface area contributed by atoms with E-state index >= 15 is 0 Å². The van der Waals surface area contributed by atoms with E-state index in [1.165, 1.54) is 7.11 Å². The second-order valence-electron chi connectivity index (χ2n) is 6.37. The first-order valence-corrected chi connectivity index (χ1v) is 7.58. The van der Waals surface area contributed by atoms with Crippen LogP contribution in [0.5, 0.6) is 0 Å². The lowest BCUT2D eigenvalue weighted by molar-refractivity contribution is -0.137. The highest BCUT2D eigenvalue weighted by Crippen LogP contribution is 2.16. The number of hydrogen-bond donors (Lipinski definition) is 1. The fraction of sp³-hybridized carbons (Fsp3) is 0.867. The Labute approximate surface area is 127 Å². The van der Waals surface area contributed by atoms with Crippen LogP contribution in [0.3, 0.4) is 0 Å². The average Bonchev–Trinajstić information content (AvgIpc) is 2.86. The van der Waals surface area contributed by atoms with Gasteiger partial charge in [0.05, 0.1) is 0 Å². The van der Waals surface area contributed by atoms with Gasteiger partial charge in [-0.3, -0.25) is 9.59 Å². The Morgan fingerprint density at radius 3 is 2.52 bits per heavy atom. The Morgan fingerprint density at radius 2 is 2.05 bits per heavy atom. The van der Waals surface area contributed by atoms with Crippen molar-refractivity contribution >= 4 is 11.8 Å². The molecule has 0 spiro atoms. The predicted molar refractivity (Wildman–Crippen MR) is 81.9 cm³/mol. The van der Waals surface area contributed by atoms with Crippen molar-refractivity contribution < 1.29 is 14.3 Å². The molecule has 1 unspecified atom stereocenters. The molecule has 0 aromatic heterocycles. The first kappa shape index (κ1) is 17.9. The number of methoxy groups -OCH3 is 1. The van der Waals surface area contributed by atoms with Crippen LogP contribution in [0.2, 0.25) is 0 Å². The van der Waals surface area contributed by atoms with E-state index in [1.54, 1.807) is 0 Å². The molecule has 2 amide bonds. The summed E-state index contributed by atoms with van der Waals surface area (Å²) in [6.07, 6.45) is 1.64. The second kappa shape index (κ2) is 8.34. The first-order chi connectivity index (χ1) is 9.85. The average molecular weight is 299 g/mol. The van der Waals surface area contributed by atoms with Crippen LogP contribution in [0, 0.1) is 5.92 Å². The minimum Gasteiger partial charge on any atom is -0.375 e. The number of carbonyl (C=O) groups excluding carboxylic acids is 2. The number of likely N-dealkylation sites (tertiary alicyclic amines) is 1. The standard InChI is InChI=1S/C15H29N3O3/c1-11(2)8-13(16-14(19)10-21-5)15(20)18-7-6-12(9-18)17(3)4/h11-13H,6-10H2,1-5H3,(H,16,19)/t12?,13-/m0/s1. The topological polar surface area (TPSA) is 61.9 Å². The van der Waals surface area contributed by atoms with Crippen molar-refractivity contribution in [3.8, 4) is 0 Å². The number of hydrogen-bond acceptors (Lipinski definition) is 4. The monoisotopic (exact) mass is 299 g/mol. The molecule has 0 bridgehead atoms. The van der Waals surface area contributed by atoms with Crippen molar-refractivity contribution in [3.63, 3.8) is 0 Å². The van der Waals surface area contributed by atoms with E-state index in [-0.39, 0.29) is 18.4 Å². The molecule has 21 heavy (non-hydrogen) atoms. The van der Waals surface area contributed by atoms with E-state index in [4.69, 9.17) is 4.74 Å². The van der Waals surface area contributed by atoms with E-state index in [2.05, 4.69) is 24.1 Å². The summed E-state index contributed by atoms with van der Waals surface area (Å²) in [6, 6.07) is -0.0445. The normalized spacial score (nSPS) is 20.1. The maximum absolute atomic E-state index is 12.6. The van der Waals surface area contributed by atoms with Crippen LogP contribution < -0.4 is 5.32 Å². The highest BCUT2D eigenvalue weighted by Gasteiger charge is 2.32. The molecule has 0 radical (unpaired) electrons. The van der Waals surface area contributed by atoms with Gasteiger partial charge < -0.3 is 19.9 Å². The Morgan fingerprint density at radius 1 is 1.38 bits per heavy atom. The summed E-state index contributed by atoms with van der Waals surface area (Å²) in [4.78, 5) is 28.4. The fourth-order valence-electron chi connectivity index (χ4n) is 2.64. The molecule has 1 aliphatic rings. The quantitative estimate of drug-likeness (QED) is 0.736. The van der Waals surface area contributed by atoms with Crippen LogP contribution >= 0.6 is 0 Å². The molecule has 0 aromatic rings. The second-order valence-corrected chi connectivity index (χ2v) is 6.37. The molecule has 1 rings (SSSR count). The summed E-state index contributed by atoms with van der Waals surface area (Å²) in [6.45, 7) is 5.59. The summed E-state index contributed by atoms with van der Waals surface area (Å²) in [5.41, 5.74) is 0. The van der Waals surface area contributed by atoms with Crippen LogP contribution in [0.15, 0.2) is 0 Å². The molecule has 122 valence electrons. The lowest BCUT2D eigenvalue weighted by Crippen LogP contribution is -2.49. The van der Waals surface area contributed by atoms with Crippen LogP contribution in [0.4, 0.5) is 0 Å². The van der Waals surface area contributed by atoms with Gasteiger partial charge in [-0.05, 0) is 32.9 Å². The third kappa shape index (κ3) is 5.63. The summed E-state index contributed by atoms with van der Waals surface area (Å²) in [5, 5.41) is 2.80. The molecule has 2 atom stereocenters. The Kier molecular flexibility index (Phi) is 7.11. The van der Waals surface area contributed by atoms with Gasteiger partial charge in [0.1, 0.15) is 12.6 Å². The van der Waals surface area contributed by atoms with Gasteiger partial charge in [-0.1, -0.05) is 13.8 Å². The summed E-state index contributed by atoms with van der Waals surface area (Å²) >= 11 is 0. The third-order valence-corrected chi connectivity index (χ3v) is 3.82. The molecule has 1 fully saturated rings. The van der Waals surface area contributed by atoms with Crippen LogP contribution in [0.1, 0.15) is 26.7 Å². The molecule has 1 aliphatic heterocycles. The molecule has 0 aromatic carbocycles. The molecule has 1 heterocycles. The molecule has 6 heteroatoms. The fourth-order valence-corrected chi connectivity index (χ4v) is 2.64. The maximum atomic E-state index is 12.6. The first-order valence-electron chi connectivity index (χ1n) is 7.58. The molecule has 0 saturated carbocycles. The molecular weight excluding hydrogens is 270 g/mol. The van der Waals surface area contributed by atoms with E-state index in [0.717, 1.165) is 19.5 Å². The van der Waals surface area contributed by atoms with Crippen molar-refractivity contribution in [2.24, 2.45) is 5.92 Å². The number of rotatable bonds is 7. The van der Waals surface area contributed by atoms with E-state index in [9.17, 15) is 9.59 Å². The zero-order valence-electron chi connectivity index (χ0n) is 13.9. The number of carbonyl (C=O) groups is 2. The number of nitrogens with zero attached hydrogens (tertiary/aromatic N) is 2. The van der Waals surface area contributed by atoms with Crippen LogP contribution in [-0.4, -0.2) is 74.6 Å². The molecule has 6 nitrogen and oxygen atoms in total. The van der Waals surface area contributed by atoms with Crippen LogP contribution in [-0.2, 0) is 14.3 Å². The van der Waals surface area contributed by atoms with Gasteiger partial charge in [-0.25, -0.2) is 0 Å². The van der Waals surface area contributed by atoms with Crippen molar-refractivity contribution in [2.75, 3.05) is 40.9 Å². The molecule has 1 N–H and O–H groups in total. The van der Waals surface area contributed by atoms with Gasteiger partial charge >= 0.3 is 0 Å². The summed E-state index contributed by atoms with van der Waals surface area (Å²) < 4.78 is 4.82. The van der Waals surface area contributed by atoms with Gasteiger partial charge in [0.25, 0.3) is 0 Å². The highest BCUT2D eigenvalue weighted by atomic mass is 16.5. The van der Waals surface area contributed by atoms with E-state index in [1.807, 2.05) is 19.0 Å². The van der Waals surface area contributed by atoms with E-state index < -0.39 is 6.04 Å². The number of nitrogens with one attached hydrogen (secondary N) is 1. The van der Waals surface area contributed by atoms with E-state index in [0.29, 0.717) is 18.4 Å². The van der Waals surface area contributed by atoms with Crippen LogP contribution in [0.25, 0.3) is 0 Å². The highest BCUT2D eigenvalue weighted by molar-refractivity contribution is 5.88. The largest absolute Gasteiger partial charge is 0.375 e. The Balaban J connectivity index is 2.65. The zero-order chi connectivity index (χ0) is 16.0. The van der Waals surface area contributed by atoms with Gasteiger partial charge in [-0.15, -0.1) is 0 Å². The minimum atomic E-state index is -0.450. The smallest absolute Gasteiger partial charge is 0.246 e. The molecular formula is C15H29N3O3. The Bertz CT molecular complexity index is 358. The molecule has 1 saturated heterocycles. The lowest BCUT2D eigenvalue weighted by Gasteiger charge is -2.26. The summed E-state index contributed by atoms with van der Waals surface area (Å²) in [7, 11) is 5.54. The minimum absolute atomic E-state index is 0.0117. The number of ether oxygens (including phenoxy) is 1.